The Kier molecular flexibility index (Phi) is 11.2. The molecule has 296 valence electrons. The normalized spacial score (nSPS) is 18.8. The van der Waals surface area contributed by atoms with Crippen LogP contribution in [0.3, 0.4) is 0 Å². The molecule has 3 amide bonds. The van der Waals surface area contributed by atoms with Gasteiger partial charge in [-0.3, -0.25) is 14.7 Å². The number of nitrogens with one attached hydrogen (secondary N) is 2. The molecule has 0 radical (unpaired) electrons. The van der Waals surface area contributed by atoms with Crippen molar-refractivity contribution in [3.8, 4) is 0 Å². The number of benzene rings is 2. The largest absolute Gasteiger partial charge is 0.465 e. The first-order chi connectivity index (χ1) is 27.3. The Morgan fingerprint density at radius 3 is 2.54 bits per heavy atom. The Hall–Kier alpha value is -6.35. The van der Waals surface area contributed by atoms with E-state index in [1.54, 1.807) is 41.6 Å². The van der Waals surface area contributed by atoms with Crippen LogP contribution < -0.4 is 20.4 Å². The molecular formula is C42H48N10O5. The number of aromatic nitrogens is 5. The molecular weight excluding hydrogens is 725 g/mol. The summed E-state index contributed by atoms with van der Waals surface area (Å²) in [5.74, 6) is -0.639. The SMILES string of the molecule is C[C@H]1CN(c2ccncc2NC(=O)c2nc3cc(C4=CCN(C)CC4)ccc3cc2N(Cc2ccccc2)C(=O)O)C[C@@H](NC(=O)OC(C)(C)C)[C@H]1n1ccnn1. The number of pyridine rings is 2. The Bertz CT molecular complexity index is 2270. The van der Waals surface area contributed by atoms with Gasteiger partial charge in [0, 0.05) is 44.0 Å². The van der Waals surface area contributed by atoms with E-state index < -0.39 is 29.7 Å². The molecule has 0 aliphatic carbocycles. The van der Waals surface area contributed by atoms with E-state index in [0.29, 0.717) is 35.4 Å². The number of amides is 3. The molecule has 3 N–H and O–H groups in total. The van der Waals surface area contributed by atoms with Gasteiger partial charge >= 0.3 is 12.2 Å². The maximum absolute atomic E-state index is 14.6. The maximum atomic E-state index is 14.6. The minimum Gasteiger partial charge on any atom is -0.465 e. The highest BCUT2D eigenvalue weighted by molar-refractivity contribution is 6.11. The van der Waals surface area contributed by atoms with Crippen LogP contribution in [0.15, 0.2) is 91.5 Å². The zero-order chi connectivity index (χ0) is 40.3. The summed E-state index contributed by atoms with van der Waals surface area (Å²) < 4.78 is 7.38. The molecule has 2 aliphatic rings. The lowest BCUT2D eigenvalue weighted by Gasteiger charge is -2.44. The van der Waals surface area contributed by atoms with E-state index in [9.17, 15) is 19.5 Å². The predicted molar refractivity (Wildman–Crippen MR) is 218 cm³/mol. The molecule has 0 unspecified atom stereocenters. The molecule has 3 aromatic heterocycles. The summed E-state index contributed by atoms with van der Waals surface area (Å²) >= 11 is 0. The smallest absolute Gasteiger partial charge is 0.412 e. The molecule has 2 aliphatic heterocycles. The van der Waals surface area contributed by atoms with Gasteiger partial charge in [-0.25, -0.2) is 19.3 Å². The fourth-order valence-corrected chi connectivity index (χ4v) is 7.60. The summed E-state index contributed by atoms with van der Waals surface area (Å²) in [6.45, 7) is 10.1. The number of likely N-dealkylation sites (N-methyl/N-ethyl adjacent to an activating group) is 1. The van der Waals surface area contributed by atoms with E-state index in [0.717, 1.165) is 35.5 Å². The molecule has 5 heterocycles. The van der Waals surface area contributed by atoms with Gasteiger partial charge in [0.05, 0.1) is 53.6 Å². The molecule has 5 aromatic rings. The van der Waals surface area contributed by atoms with Crippen molar-refractivity contribution in [2.45, 2.75) is 58.3 Å². The van der Waals surface area contributed by atoms with Crippen LogP contribution in [0.4, 0.5) is 26.7 Å². The van der Waals surface area contributed by atoms with Crippen molar-refractivity contribution in [1.82, 2.24) is 35.2 Å². The van der Waals surface area contributed by atoms with Crippen molar-refractivity contribution >= 4 is 51.6 Å². The fourth-order valence-electron chi connectivity index (χ4n) is 7.60. The standard InChI is InChI=1S/C42H48N10O5/c1-27-24-50(26-34(38(27)52-20-17-44-48-52)47-40(54)57-42(2,3)4)35-13-16-43-23-33(35)46-39(53)37-36(51(41(55)56)25-28-9-7-6-8-10-28)22-31-12-11-30(21-32(31)45-37)29-14-18-49(5)19-15-29/h6-14,16-17,20-23,27,34,38H,15,18-19,24-26H2,1-5H3,(H,46,53)(H,47,54)(H,55,56)/t27-,34+,38-/m0/s1. The number of rotatable bonds is 9. The number of carbonyl (C=O) groups excluding carboxylic acids is 2. The summed E-state index contributed by atoms with van der Waals surface area (Å²) in [5.41, 5.74) is 3.99. The summed E-state index contributed by atoms with van der Waals surface area (Å²) in [7, 11) is 2.08. The molecule has 2 aromatic carbocycles. The average molecular weight is 773 g/mol. The number of ether oxygens (including phenoxy) is 1. The summed E-state index contributed by atoms with van der Waals surface area (Å²) in [6, 6.07) is 18.0. The molecule has 7 rings (SSSR count). The zero-order valence-electron chi connectivity index (χ0n) is 32.8. The third-order valence-electron chi connectivity index (χ3n) is 10.3. The lowest BCUT2D eigenvalue weighted by Crippen LogP contribution is -2.57. The van der Waals surface area contributed by atoms with E-state index in [-0.39, 0.29) is 29.9 Å². The number of nitrogens with zero attached hydrogens (tertiary/aromatic N) is 8. The van der Waals surface area contributed by atoms with Gasteiger partial charge < -0.3 is 30.3 Å². The highest BCUT2D eigenvalue weighted by atomic mass is 16.6. The van der Waals surface area contributed by atoms with E-state index in [4.69, 9.17) is 9.72 Å². The number of carbonyl (C=O) groups is 3. The minimum atomic E-state index is -1.23. The Morgan fingerprint density at radius 1 is 1.04 bits per heavy atom. The van der Waals surface area contributed by atoms with Gasteiger partial charge in [0.2, 0.25) is 0 Å². The highest BCUT2D eigenvalue weighted by Gasteiger charge is 2.39. The van der Waals surface area contributed by atoms with Gasteiger partial charge in [-0.15, -0.1) is 5.10 Å². The van der Waals surface area contributed by atoms with E-state index in [2.05, 4.69) is 55.8 Å². The lowest BCUT2D eigenvalue weighted by molar-refractivity contribution is 0.0465. The Balaban J connectivity index is 1.24. The molecule has 57 heavy (non-hydrogen) atoms. The topological polar surface area (TPSA) is 171 Å². The van der Waals surface area contributed by atoms with Gasteiger partial charge in [0.15, 0.2) is 5.69 Å². The number of anilines is 3. The van der Waals surface area contributed by atoms with Crippen LogP contribution >= 0.6 is 0 Å². The summed E-state index contributed by atoms with van der Waals surface area (Å²) in [4.78, 5) is 55.3. The number of piperidine rings is 1. The summed E-state index contributed by atoms with van der Waals surface area (Å²) in [5, 5.41) is 25.6. The van der Waals surface area contributed by atoms with Crippen molar-refractivity contribution in [2.24, 2.45) is 5.92 Å². The summed E-state index contributed by atoms with van der Waals surface area (Å²) in [6.07, 6.45) is 7.88. The van der Waals surface area contributed by atoms with Crippen LogP contribution in [-0.4, -0.2) is 97.9 Å². The number of hydrogen-bond acceptors (Lipinski definition) is 10. The van der Waals surface area contributed by atoms with Gasteiger partial charge in [0.25, 0.3) is 5.91 Å². The van der Waals surface area contributed by atoms with Crippen molar-refractivity contribution in [1.29, 1.82) is 0 Å². The second kappa shape index (κ2) is 16.4. The van der Waals surface area contributed by atoms with Crippen LogP contribution in [0.25, 0.3) is 16.5 Å². The molecule has 1 saturated heterocycles. The van der Waals surface area contributed by atoms with Crippen LogP contribution in [0.5, 0.6) is 0 Å². The second-order valence-electron chi connectivity index (χ2n) is 15.7. The van der Waals surface area contributed by atoms with Gasteiger partial charge in [-0.2, -0.15) is 0 Å². The molecule has 1 fully saturated rings. The monoisotopic (exact) mass is 772 g/mol. The van der Waals surface area contributed by atoms with Crippen LogP contribution in [0, 0.1) is 5.92 Å². The third-order valence-corrected chi connectivity index (χ3v) is 10.3. The van der Waals surface area contributed by atoms with Gasteiger partial charge in [-0.1, -0.05) is 60.7 Å². The highest BCUT2D eigenvalue weighted by Crippen LogP contribution is 2.36. The first kappa shape index (κ1) is 38.9. The van der Waals surface area contributed by atoms with E-state index in [1.807, 2.05) is 69.3 Å². The first-order valence-corrected chi connectivity index (χ1v) is 19.1. The Labute approximate surface area is 331 Å². The van der Waals surface area contributed by atoms with Crippen molar-refractivity contribution in [2.75, 3.05) is 48.3 Å². The molecule has 15 nitrogen and oxygen atoms in total. The third kappa shape index (κ3) is 9.04. The van der Waals surface area contributed by atoms with Crippen molar-refractivity contribution < 1.29 is 24.2 Å². The number of hydrogen-bond donors (Lipinski definition) is 3. The fraction of sp³-hybridized carbons (Fsp3) is 0.357. The molecule has 0 saturated carbocycles. The van der Waals surface area contributed by atoms with Gasteiger partial charge in [0.1, 0.15) is 5.60 Å². The Morgan fingerprint density at radius 2 is 1.84 bits per heavy atom. The molecule has 0 bridgehead atoms. The molecule has 0 spiro atoms. The lowest BCUT2D eigenvalue weighted by atomic mass is 9.89. The van der Waals surface area contributed by atoms with Crippen LogP contribution in [0.2, 0.25) is 0 Å². The minimum absolute atomic E-state index is 0.00487. The van der Waals surface area contributed by atoms with Crippen LogP contribution in [0.1, 0.15) is 61.8 Å². The number of fused-ring (bicyclic) bond motifs is 1. The number of carboxylic acid groups (broad SMARTS) is 1. The van der Waals surface area contributed by atoms with E-state index >= 15 is 0 Å². The van der Waals surface area contributed by atoms with Crippen molar-refractivity contribution in [3.05, 3.63) is 108 Å². The molecule has 15 heteroatoms. The van der Waals surface area contributed by atoms with Crippen LogP contribution in [-0.2, 0) is 11.3 Å². The van der Waals surface area contributed by atoms with Crippen molar-refractivity contribution in [3.63, 3.8) is 0 Å². The number of alkyl carbamates (subject to hydrolysis) is 1. The maximum Gasteiger partial charge on any atom is 0.412 e. The van der Waals surface area contributed by atoms with E-state index in [1.165, 1.54) is 5.57 Å². The molecule has 3 atom stereocenters. The zero-order valence-corrected chi connectivity index (χ0v) is 32.8. The average Bonchev–Trinajstić information content (AvgIpc) is 3.71. The second-order valence-corrected chi connectivity index (χ2v) is 15.7. The quantitative estimate of drug-likeness (QED) is 0.150. The predicted octanol–water partition coefficient (Wildman–Crippen LogP) is 6.47. The first-order valence-electron chi connectivity index (χ1n) is 19.1. The van der Waals surface area contributed by atoms with Gasteiger partial charge in [-0.05, 0) is 75.1 Å².